The summed E-state index contributed by atoms with van der Waals surface area (Å²) in [4.78, 5) is 0. The van der Waals surface area contributed by atoms with Crippen molar-refractivity contribution in [2.24, 2.45) is 5.92 Å². The standard InChI is InChI=1S/C9H15NO/c1-11-7-3-5-9-4-2-6-10-8-9/h2-4,7,9-10H,5-6,8H2,1H3/b7-3+. The Morgan fingerprint density at radius 3 is 3.27 bits per heavy atom. The Balaban J connectivity index is 2.19. The molecule has 2 nitrogen and oxygen atoms in total. The van der Waals surface area contributed by atoms with Crippen molar-refractivity contribution in [3.05, 3.63) is 24.5 Å². The Hall–Kier alpha value is -0.760. The first-order chi connectivity index (χ1) is 5.43. The van der Waals surface area contributed by atoms with Crippen molar-refractivity contribution in [2.45, 2.75) is 6.42 Å². The smallest absolute Gasteiger partial charge is 0.0784 e. The van der Waals surface area contributed by atoms with Gasteiger partial charge in [-0.15, -0.1) is 0 Å². The molecule has 1 unspecified atom stereocenters. The van der Waals surface area contributed by atoms with Crippen molar-refractivity contribution in [3.63, 3.8) is 0 Å². The molecular weight excluding hydrogens is 138 g/mol. The topological polar surface area (TPSA) is 21.3 Å². The van der Waals surface area contributed by atoms with Gasteiger partial charge in [0.05, 0.1) is 13.4 Å². The maximum atomic E-state index is 4.81. The summed E-state index contributed by atoms with van der Waals surface area (Å²) < 4.78 is 4.81. The van der Waals surface area contributed by atoms with Gasteiger partial charge < -0.3 is 10.1 Å². The zero-order valence-electron chi connectivity index (χ0n) is 6.92. The van der Waals surface area contributed by atoms with Crippen LogP contribution in [0.4, 0.5) is 0 Å². The molecule has 0 aliphatic carbocycles. The molecule has 2 heteroatoms. The Kier molecular flexibility index (Phi) is 3.76. The fourth-order valence-electron chi connectivity index (χ4n) is 1.17. The van der Waals surface area contributed by atoms with Gasteiger partial charge in [0.25, 0.3) is 0 Å². The molecule has 62 valence electrons. The monoisotopic (exact) mass is 153 g/mol. The number of hydrogen-bond acceptors (Lipinski definition) is 2. The van der Waals surface area contributed by atoms with Crippen LogP contribution in [0.25, 0.3) is 0 Å². The lowest BCUT2D eigenvalue weighted by molar-refractivity contribution is 0.335. The van der Waals surface area contributed by atoms with E-state index in [1.165, 1.54) is 0 Å². The lowest BCUT2D eigenvalue weighted by Crippen LogP contribution is -2.25. The molecule has 0 spiro atoms. The minimum Gasteiger partial charge on any atom is -0.505 e. The zero-order chi connectivity index (χ0) is 7.94. The molecule has 1 aliphatic rings. The van der Waals surface area contributed by atoms with Crippen molar-refractivity contribution < 1.29 is 4.74 Å². The summed E-state index contributed by atoms with van der Waals surface area (Å²) in [5.41, 5.74) is 0. The average molecular weight is 153 g/mol. The fourth-order valence-corrected chi connectivity index (χ4v) is 1.17. The summed E-state index contributed by atoms with van der Waals surface area (Å²) in [5, 5.41) is 3.30. The van der Waals surface area contributed by atoms with Gasteiger partial charge in [0.1, 0.15) is 0 Å². The van der Waals surface area contributed by atoms with Gasteiger partial charge in [-0.1, -0.05) is 12.2 Å². The Bertz CT molecular complexity index is 152. The number of nitrogens with one attached hydrogen (secondary N) is 1. The summed E-state index contributed by atoms with van der Waals surface area (Å²) in [6.07, 6.45) is 9.30. The van der Waals surface area contributed by atoms with Crippen molar-refractivity contribution in [1.29, 1.82) is 0 Å². The van der Waals surface area contributed by atoms with E-state index in [-0.39, 0.29) is 0 Å². The molecule has 1 N–H and O–H groups in total. The number of allylic oxidation sites excluding steroid dienone is 1. The van der Waals surface area contributed by atoms with E-state index in [9.17, 15) is 0 Å². The molecule has 0 aromatic carbocycles. The lowest BCUT2D eigenvalue weighted by atomic mass is 10.0. The molecule has 0 saturated heterocycles. The van der Waals surface area contributed by atoms with Gasteiger partial charge in [-0.3, -0.25) is 0 Å². The second-order valence-electron chi connectivity index (χ2n) is 2.69. The molecule has 0 aromatic rings. The quantitative estimate of drug-likeness (QED) is 0.487. The normalized spacial score (nSPS) is 24.3. The summed E-state index contributed by atoms with van der Waals surface area (Å²) in [6.45, 7) is 2.11. The van der Waals surface area contributed by atoms with Crippen LogP contribution in [-0.2, 0) is 4.74 Å². The number of methoxy groups -OCH3 is 1. The van der Waals surface area contributed by atoms with E-state index in [2.05, 4.69) is 23.5 Å². The fraction of sp³-hybridized carbons (Fsp3) is 0.556. The van der Waals surface area contributed by atoms with E-state index in [0.29, 0.717) is 5.92 Å². The van der Waals surface area contributed by atoms with Crippen LogP contribution in [0.15, 0.2) is 24.5 Å². The van der Waals surface area contributed by atoms with Crippen molar-refractivity contribution in [1.82, 2.24) is 5.32 Å². The molecule has 0 fully saturated rings. The second-order valence-corrected chi connectivity index (χ2v) is 2.69. The van der Waals surface area contributed by atoms with Crippen LogP contribution in [0.1, 0.15) is 6.42 Å². The third-order valence-corrected chi connectivity index (χ3v) is 1.75. The molecule has 1 aliphatic heterocycles. The largest absolute Gasteiger partial charge is 0.505 e. The highest BCUT2D eigenvalue weighted by molar-refractivity contribution is 4.98. The minimum atomic E-state index is 0.648. The maximum absolute atomic E-state index is 4.81. The van der Waals surface area contributed by atoms with Crippen molar-refractivity contribution in [3.8, 4) is 0 Å². The van der Waals surface area contributed by atoms with Crippen LogP contribution in [0.5, 0.6) is 0 Å². The molecule has 0 saturated carbocycles. The van der Waals surface area contributed by atoms with E-state index in [4.69, 9.17) is 4.74 Å². The molecule has 0 amide bonds. The van der Waals surface area contributed by atoms with Crippen LogP contribution in [-0.4, -0.2) is 20.2 Å². The van der Waals surface area contributed by atoms with E-state index in [1.54, 1.807) is 13.4 Å². The maximum Gasteiger partial charge on any atom is 0.0784 e. The van der Waals surface area contributed by atoms with Gasteiger partial charge in [-0.2, -0.15) is 0 Å². The average Bonchev–Trinajstić information content (AvgIpc) is 2.07. The predicted octanol–water partition coefficient (Wildman–Crippen LogP) is 1.31. The molecule has 0 aromatic heterocycles. The summed E-state index contributed by atoms with van der Waals surface area (Å²) >= 11 is 0. The van der Waals surface area contributed by atoms with Gasteiger partial charge in [0, 0.05) is 13.1 Å². The summed E-state index contributed by atoms with van der Waals surface area (Å²) in [7, 11) is 1.67. The number of ether oxygens (including phenoxy) is 1. The van der Waals surface area contributed by atoms with Crippen LogP contribution in [0, 0.1) is 5.92 Å². The highest BCUT2D eigenvalue weighted by atomic mass is 16.5. The Morgan fingerprint density at radius 2 is 2.64 bits per heavy atom. The van der Waals surface area contributed by atoms with Gasteiger partial charge in [-0.05, 0) is 18.4 Å². The third-order valence-electron chi connectivity index (χ3n) is 1.75. The summed E-state index contributed by atoms with van der Waals surface area (Å²) in [6, 6.07) is 0. The van der Waals surface area contributed by atoms with Crippen LogP contribution in [0.3, 0.4) is 0 Å². The van der Waals surface area contributed by atoms with Gasteiger partial charge in [0.2, 0.25) is 0 Å². The van der Waals surface area contributed by atoms with Crippen LogP contribution in [0.2, 0.25) is 0 Å². The molecule has 11 heavy (non-hydrogen) atoms. The molecule has 1 heterocycles. The first-order valence-electron chi connectivity index (χ1n) is 3.98. The lowest BCUT2D eigenvalue weighted by Gasteiger charge is -2.14. The molecular formula is C9H15NO. The summed E-state index contributed by atoms with van der Waals surface area (Å²) in [5.74, 6) is 0.648. The van der Waals surface area contributed by atoms with E-state index < -0.39 is 0 Å². The van der Waals surface area contributed by atoms with E-state index in [1.807, 2.05) is 0 Å². The zero-order valence-corrected chi connectivity index (χ0v) is 6.92. The van der Waals surface area contributed by atoms with Crippen molar-refractivity contribution >= 4 is 0 Å². The number of hydrogen-bond donors (Lipinski definition) is 1. The third kappa shape index (κ3) is 3.23. The van der Waals surface area contributed by atoms with Gasteiger partial charge in [0.15, 0.2) is 0 Å². The molecule has 1 atom stereocenters. The molecule has 0 bridgehead atoms. The number of rotatable bonds is 3. The highest BCUT2D eigenvalue weighted by Crippen LogP contribution is 2.07. The van der Waals surface area contributed by atoms with Crippen LogP contribution < -0.4 is 5.32 Å². The second kappa shape index (κ2) is 4.97. The highest BCUT2D eigenvalue weighted by Gasteiger charge is 2.04. The first-order valence-corrected chi connectivity index (χ1v) is 3.98. The van der Waals surface area contributed by atoms with Gasteiger partial charge >= 0.3 is 0 Å². The first kappa shape index (κ1) is 8.34. The van der Waals surface area contributed by atoms with Crippen molar-refractivity contribution in [2.75, 3.05) is 20.2 Å². The van der Waals surface area contributed by atoms with E-state index >= 15 is 0 Å². The van der Waals surface area contributed by atoms with Gasteiger partial charge in [-0.25, -0.2) is 0 Å². The predicted molar refractivity (Wildman–Crippen MR) is 46.3 cm³/mol. The Morgan fingerprint density at radius 1 is 1.73 bits per heavy atom. The van der Waals surface area contributed by atoms with E-state index in [0.717, 1.165) is 19.5 Å². The van der Waals surface area contributed by atoms with Crippen LogP contribution >= 0.6 is 0 Å². The SMILES string of the molecule is CO/C=C/CC1C=CCNC1. The minimum absolute atomic E-state index is 0.648. The molecule has 0 radical (unpaired) electrons. The Labute approximate surface area is 67.9 Å². The molecule has 1 rings (SSSR count).